The van der Waals surface area contributed by atoms with Gasteiger partial charge in [-0.2, -0.15) is 0 Å². The van der Waals surface area contributed by atoms with Gasteiger partial charge in [0.15, 0.2) is 0 Å². The Morgan fingerprint density at radius 2 is 0.800 bits per heavy atom. The van der Waals surface area contributed by atoms with Gasteiger partial charge in [-0.15, -0.1) is 0 Å². The number of rotatable bonds is 2. The van der Waals surface area contributed by atoms with Gasteiger partial charge in [0, 0.05) is 32.6 Å². The lowest BCUT2D eigenvalue weighted by atomic mass is 9.98. The van der Waals surface area contributed by atoms with Gasteiger partial charge in [0.05, 0.1) is 27.8 Å². The summed E-state index contributed by atoms with van der Waals surface area (Å²) in [5.74, 6) is 0. The van der Waals surface area contributed by atoms with E-state index in [1.54, 1.807) is 0 Å². The van der Waals surface area contributed by atoms with E-state index in [4.69, 9.17) is 0 Å². The van der Waals surface area contributed by atoms with Crippen LogP contribution in [0.2, 0.25) is 0 Å². The van der Waals surface area contributed by atoms with Crippen molar-refractivity contribution in [2.45, 2.75) is 0 Å². The number of hydrogen-bond acceptors (Lipinski definition) is 0. The van der Waals surface area contributed by atoms with E-state index < -0.39 is 0 Å². The second-order valence-electron chi connectivity index (χ2n) is 10.5. The van der Waals surface area contributed by atoms with Crippen LogP contribution in [0.5, 0.6) is 0 Å². The van der Waals surface area contributed by atoms with Crippen molar-refractivity contribution in [3.63, 3.8) is 0 Å². The molecular weight excluding hydrogens is 484 g/mol. The Labute approximate surface area is 230 Å². The molecule has 2 heteroatoms. The minimum atomic E-state index is 1.17. The second-order valence-corrected chi connectivity index (χ2v) is 10.5. The Morgan fingerprint density at radius 3 is 1.48 bits per heavy atom. The molecule has 186 valence electrons. The lowest BCUT2D eigenvalue weighted by Gasteiger charge is -2.15. The average molecular weight is 509 g/mol. The molecule has 0 radical (unpaired) electrons. The van der Waals surface area contributed by atoms with E-state index in [9.17, 15) is 0 Å². The summed E-state index contributed by atoms with van der Waals surface area (Å²) < 4.78 is 4.99. The van der Waals surface area contributed by atoms with Gasteiger partial charge < -0.3 is 9.13 Å². The van der Waals surface area contributed by atoms with Crippen LogP contribution in [0.4, 0.5) is 0 Å². The standard InChI is InChI=1S/C38H24N2/c1-2-15-26(16-3-1)39-33-22-10-8-20-30(33)35-28-18-6-7-19-29(28)36-31-21-9-11-23-34(31)40(38(36)37(35)39)32-24-12-14-25-13-4-5-17-27(25)32/h1-24H. The maximum Gasteiger partial charge on any atom is 0.0795 e. The molecule has 9 rings (SSSR count). The van der Waals surface area contributed by atoms with Crippen LogP contribution in [0.15, 0.2) is 146 Å². The summed E-state index contributed by atoms with van der Waals surface area (Å²) in [6, 6.07) is 52.9. The zero-order valence-electron chi connectivity index (χ0n) is 21.8. The summed E-state index contributed by atoms with van der Waals surface area (Å²) in [7, 11) is 0. The van der Waals surface area contributed by atoms with Gasteiger partial charge in [-0.1, -0.05) is 115 Å². The summed E-state index contributed by atoms with van der Waals surface area (Å²) in [6.45, 7) is 0. The van der Waals surface area contributed by atoms with Gasteiger partial charge in [0.1, 0.15) is 0 Å². The van der Waals surface area contributed by atoms with Crippen molar-refractivity contribution in [1.82, 2.24) is 9.13 Å². The van der Waals surface area contributed by atoms with Gasteiger partial charge in [-0.3, -0.25) is 0 Å². The highest BCUT2D eigenvalue weighted by Gasteiger charge is 2.24. The van der Waals surface area contributed by atoms with Crippen molar-refractivity contribution in [3.8, 4) is 11.4 Å². The average Bonchev–Trinajstić information content (AvgIpc) is 3.55. The summed E-state index contributed by atoms with van der Waals surface area (Å²) >= 11 is 0. The molecule has 2 heterocycles. The number of nitrogens with zero attached hydrogens (tertiary/aromatic N) is 2. The Morgan fingerprint density at radius 1 is 0.325 bits per heavy atom. The van der Waals surface area contributed by atoms with Crippen LogP contribution < -0.4 is 0 Å². The Bertz CT molecular complexity index is 2420. The molecule has 0 spiro atoms. The van der Waals surface area contributed by atoms with Crippen LogP contribution in [0, 0.1) is 0 Å². The lowest BCUT2D eigenvalue weighted by Crippen LogP contribution is -1.99. The lowest BCUT2D eigenvalue weighted by molar-refractivity contribution is 1.16. The number of benzene rings is 7. The largest absolute Gasteiger partial charge is 0.307 e. The molecule has 0 bridgehead atoms. The van der Waals surface area contributed by atoms with Crippen LogP contribution in [-0.2, 0) is 0 Å². The Hall–Kier alpha value is -5.34. The van der Waals surface area contributed by atoms with Crippen molar-refractivity contribution in [2.24, 2.45) is 0 Å². The molecule has 0 unspecified atom stereocenters. The maximum absolute atomic E-state index is 2.51. The van der Waals surface area contributed by atoms with Crippen LogP contribution in [0.3, 0.4) is 0 Å². The third-order valence-corrected chi connectivity index (χ3v) is 8.46. The molecular formula is C38H24N2. The molecule has 9 aromatic rings. The van der Waals surface area contributed by atoms with Gasteiger partial charge in [-0.25, -0.2) is 0 Å². The molecule has 0 aliphatic carbocycles. The first-order valence-corrected chi connectivity index (χ1v) is 13.8. The number of para-hydroxylation sites is 3. The van der Waals surface area contributed by atoms with Crippen molar-refractivity contribution < 1.29 is 0 Å². The first-order valence-electron chi connectivity index (χ1n) is 13.8. The normalized spacial score (nSPS) is 12.0. The van der Waals surface area contributed by atoms with Crippen molar-refractivity contribution in [3.05, 3.63) is 146 Å². The third-order valence-electron chi connectivity index (χ3n) is 8.46. The SMILES string of the molecule is c1ccc(-n2c3ccccc3c3c4ccccc4c4c5ccccc5n(-c5cccc6ccccc56)c4c32)cc1. The second kappa shape index (κ2) is 8.08. The fraction of sp³-hybridized carbons (Fsp3) is 0. The molecule has 0 atom stereocenters. The molecule has 2 aromatic heterocycles. The highest BCUT2D eigenvalue weighted by molar-refractivity contribution is 6.36. The minimum Gasteiger partial charge on any atom is -0.307 e. The van der Waals surface area contributed by atoms with Crippen molar-refractivity contribution in [1.29, 1.82) is 0 Å². The minimum absolute atomic E-state index is 1.17. The van der Waals surface area contributed by atoms with E-state index in [1.807, 2.05) is 0 Å². The van der Waals surface area contributed by atoms with Gasteiger partial charge in [-0.05, 0) is 46.5 Å². The molecule has 0 aliphatic heterocycles. The smallest absolute Gasteiger partial charge is 0.0795 e. The van der Waals surface area contributed by atoms with Gasteiger partial charge in [0.25, 0.3) is 0 Å². The highest BCUT2D eigenvalue weighted by atomic mass is 15.0. The summed E-state index contributed by atoms with van der Waals surface area (Å²) in [5, 5.41) is 10.2. The molecule has 0 fully saturated rings. The van der Waals surface area contributed by atoms with Crippen LogP contribution in [-0.4, -0.2) is 9.13 Å². The van der Waals surface area contributed by atoms with Crippen molar-refractivity contribution >= 4 is 65.2 Å². The maximum atomic E-state index is 2.51. The molecule has 40 heavy (non-hydrogen) atoms. The van der Waals surface area contributed by atoms with E-state index in [1.165, 1.54) is 76.5 Å². The molecule has 0 aliphatic rings. The molecule has 0 N–H and O–H groups in total. The van der Waals surface area contributed by atoms with E-state index in [0.29, 0.717) is 0 Å². The molecule has 0 saturated heterocycles. The van der Waals surface area contributed by atoms with Crippen molar-refractivity contribution in [2.75, 3.05) is 0 Å². The van der Waals surface area contributed by atoms with Crippen LogP contribution >= 0.6 is 0 Å². The predicted octanol–water partition coefficient (Wildman–Crippen LogP) is 10.2. The first kappa shape index (κ1) is 21.6. The fourth-order valence-corrected chi connectivity index (χ4v) is 6.89. The molecule has 7 aromatic carbocycles. The van der Waals surface area contributed by atoms with Gasteiger partial charge in [0.2, 0.25) is 0 Å². The van der Waals surface area contributed by atoms with E-state index in [0.717, 1.165) is 0 Å². The highest BCUT2D eigenvalue weighted by Crippen LogP contribution is 2.47. The zero-order valence-corrected chi connectivity index (χ0v) is 21.8. The summed E-state index contributed by atoms with van der Waals surface area (Å²) in [4.78, 5) is 0. The van der Waals surface area contributed by atoms with Crippen LogP contribution in [0.1, 0.15) is 0 Å². The molecule has 0 amide bonds. The predicted molar refractivity (Wildman–Crippen MR) is 170 cm³/mol. The van der Waals surface area contributed by atoms with E-state index >= 15 is 0 Å². The Kier molecular flexibility index (Phi) is 4.36. The van der Waals surface area contributed by atoms with E-state index in [-0.39, 0.29) is 0 Å². The quantitative estimate of drug-likeness (QED) is 0.220. The third kappa shape index (κ3) is 2.77. The van der Waals surface area contributed by atoms with Crippen LogP contribution in [0.25, 0.3) is 76.5 Å². The summed E-state index contributed by atoms with van der Waals surface area (Å²) in [6.07, 6.45) is 0. The zero-order chi connectivity index (χ0) is 26.2. The topological polar surface area (TPSA) is 9.86 Å². The number of hydrogen-bond donors (Lipinski definition) is 0. The van der Waals surface area contributed by atoms with Gasteiger partial charge >= 0.3 is 0 Å². The number of aromatic nitrogens is 2. The molecule has 2 nitrogen and oxygen atoms in total. The molecule has 0 saturated carbocycles. The monoisotopic (exact) mass is 508 g/mol. The first-order chi connectivity index (χ1) is 19.9. The summed E-state index contributed by atoms with van der Waals surface area (Å²) in [5.41, 5.74) is 7.29. The number of fused-ring (bicyclic) bond motifs is 11. The fourth-order valence-electron chi connectivity index (χ4n) is 6.89. The Balaban J connectivity index is 1.67. The van der Waals surface area contributed by atoms with E-state index in [2.05, 4.69) is 155 Å².